The lowest BCUT2D eigenvalue weighted by molar-refractivity contribution is -0.124. The van der Waals surface area contributed by atoms with Gasteiger partial charge in [-0.2, -0.15) is 0 Å². The summed E-state index contributed by atoms with van der Waals surface area (Å²) in [6, 6.07) is 9.79. The molecule has 3 heterocycles. The van der Waals surface area contributed by atoms with Crippen LogP contribution in [0, 0.1) is 0 Å². The fraction of sp³-hybridized carbons (Fsp3) is 0.385. The Morgan fingerprint density at radius 1 is 1.24 bits per heavy atom. The van der Waals surface area contributed by atoms with Crippen LogP contribution in [0.25, 0.3) is 0 Å². The summed E-state index contributed by atoms with van der Waals surface area (Å²) in [5, 5.41) is 0. The summed E-state index contributed by atoms with van der Waals surface area (Å²) in [4.78, 5) is 16.1. The zero-order valence-electron chi connectivity index (χ0n) is 9.08. The van der Waals surface area contributed by atoms with E-state index < -0.39 is 6.10 Å². The summed E-state index contributed by atoms with van der Waals surface area (Å²) in [6.07, 6.45) is -0.175. The standard InChI is InChI=1S/C13H11NO3/c15-8-6-9-10-12(11(8)16-9)17-13(14-10)7-4-2-1-3-5-7/h1-5,9-12H,6H2/t9-,10-,11+,12-/m1/s1. The van der Waals surface area contributed by atoms with Crippen molar-refractivity contribution in [1.29, 1.82) is 0 Å². The van der Waals surface area contributed by atoms with E-state index in [1.807, 2.05) is 30.3 Å². The molecule has 1 aromatic carbocycles. The van der Waals surface area contributed by atoms with Crippen LogP contribution < -0.4 is 0 Å². The molecule has 0 amide bonds. The summed E-state index contributed by atoms with van der Waals surface area (Å²) in [5.41, 5.74) is 0.966. The van der Waals surface area contributed by atoms with Gasteiger partial charge in [-0.05, 0) is 12.1 Å². The van der Waals surface area contributed by atoms with E-state index in [-0.39, 0.29) is 24.0 Å². The molecule has 3 aliphatic rings. The summed E-state index contributed by atoms with van der Waals surface area (Å²) >= 11 is 0. The van der Waals surface area contributed by atoms with E-state index in [1.165, 1.54) is 0 Å². The van der Waals surface area contributed by atoms with Crippen molar-refractivity contribution in [3.63, 3.8) is 0 Å². The average molecular weight is 229 g/mol. The topological polar surface area (TPSA) is 47.9 Å². The predicted molar refractivity (Wildman–Crippen MR) is 59.9 cm³/mol. The van der Waals surface area contributed by atoms with Crippen molar-refractivity contribution in [2.24, 2.45) is 4.99 Å². The minimum absolute atomic E-state index is 0.00732. The molecular formula is C13H11NO3. The van der Waals surface area contributed by atoms with Gasteiger partial charge in [0.2, 0.25) is 5.90 Å². The molecular weight excluding hydrogens is 218 g/mol. The van der Waals surface area contributed by atoms with Crippen LogP contribution in [0.15, 0.2) is 35.3 Å². The molecule has 86 valence electrons. The first-order chi connectivity index (χ1) is 8.33. The molecule has 0 spiro atoms. The maximum Gasteiger partial charge on any atom is 0.217 e. The Morgan fingerprint density at radius 2 is 2.06 bits per heavy atom. The third-order valence-electron chi connectivity index (χ3n) is 3.59. The predicted octanol–water partition coefficient (Wildman–Crippen LogP) is 0.941. The van der Waals surface area contributed by atoms with Gasteiger partial charge in [0.15, 0.2) is 18.0 Å². The molecule has 0 unspecified atom stereocenters. The van der Waals surface area contributed by atoms with Gasteiger partial charge in [0.1, 0.15) is 6.04 Å². The summed E-state index contributed by atoms with van der Waals surface area (Å²) < 4.78 is 11.3. The Hall–Kier alpha value is -1.68. The average Bonchev–Trinajstić information content (AvgIpc) is 2.99. The van der Waals surface area contributed by atoms with Gasteiger partial charge in [0.25, 0.3) is 0 Å². The van der Waals surface area contributed by atoms with Crippen LogP contribution >= 0.6 is 0 Å². The van der Waals surface area contributed by atoms with Gasteiger partial charge in [-0.1, -0.05) is 18.2 Å². The Balaban J connectivity index is 1.67. The molecule has 4 nitrogen and oxygen atoms in total. The molecule has 2 saturated heterocycles. The molecule has 0 radical (unpaired) electrons. The van der Waals surface area contributed by atoms with Gasteiger partial charge < -0.3 is 9.47 Å². The fourth-order valence-corrected chi connectivity index (χ4v) is 2.79. The summed E-state index contributed by atoms with van der Waals surface area (Å²) in [7, 11) is 0. The van der Waals surface area contributed by atoms with Crippen LogP contribution in [0.1, 0.15) is 12.0 Å². The van der Waals surface area contributed by atoms with Crippen molar-refractivity contribution in [3.8, 4) is 0 Å². The number of ether oxygens (including phenoxy) is 2. The largest absolute Gasteiger partial charge is 0.468 e. The minimum atomic E-state index is -0.394. The number of benzene rings is 1. The maximum absolute atomic E-state index is 11.6. The molecule has 2 fully saturated rings. The van der Waals surface area contributed by atoms with E-state index in [4.69, 9.17) is 9.47 Å². The van der Waals surface area contributed by atoms with Gasteiger partial charge >= 0.3 is 0 Å². The lowest BCUT2D eigenvalue weighted by Gasteiger charge is -2.17. The lowest BCUT2D eigenvalue weighted by atomic mass is 9.92. The van der Waals surface area contributed by atoms with Gasteiger partial charge in [-0.25, -0.2) is 4.99 Å². The molecule has 0 aromatic heterocycles. The van der Waals surface area contributed by atoms with E-state index in [1.54, 1.807) is 0 Å². The van der Waals surface area contributed by atoms with E-state index in [9.17, 15) is 4.79 Å². The first-order valence-electron chi connectivity index (χ1n) is 5.81. The molecule has 3 aliphatic heterocycles. The van der Waals surface area contributed by atoms with Crippen LogP contribution in [0.5, 0.6) is 0 Å². The highest BCUT2D eigenvalue weighted by molar-refractivity contribution is 5.97. The third-order valence-corrected chi connectivity index (χ3v) is 3.59. The van der Waals surface area contributed by atoms with Gasteiger partial charge in [-0.15, -0.1) is 0 Å². The Bertz CT molecular complexity index is 511. The van der Waals surface area contributed by atoms with Crippen molar-refractivity contribution in [2.75, 3.05) is 0 Å². The number of hydrogen-bond acceptors (Lipinski definition) is 4. The van der Waals surface area contributed by atoms with Gasteiger partial charge in [0, 0.05) is 12.0 Å². The molecule has 4 rings (SSSR count). The number of aliphatic imine (C=N–C) groups is 1. The molecule has 2 bridgehead atoms. The number of hydrogen-bond donors (Lipinski definition) is 0. The zero-order valence-corrected chi connectivity index (χ0v) is 9.08. The maximum atomic E-state index is 11.6. The van der Waals surface area contributed by atoms with Crippen LogP contribution in [-0.4, -0.2) is 36.0 Å². The quantitative estimate of drug-likeness (QED) is 0.720. The number of Topliss-reactive ketones (excluding diaryl/α,β-unsaturated/α-hetero) is 1. The molecule has 1 aromatic rings. The van der Waals surface area contributed by atoms with E-state index in [2.05, 4.69) is 4.99 Å². The summed E-state index contributed by atoms with van der Waals surface area (Å²) in [5.74, 6) is 0.800. The Morgan fingerprint density at radius 3 is 2.88 bits per heavy atom. The normalized spacial score (nSPS) is 37.9. The Kier molecular flexibility index (Phi) is 1.74. The molecule has 4 heteroatoms. The van der Waals surface area contributed by atoms with Crippen LogP contribution in [0.4, 0.5) is 0 Å². The van der Waals surface area contributed by atoms with Crippen molar-refractivity contribution in [3.05, 3.63) is 35.9 Å². The highest BCUT2D eigenvalue weighted by Gasteiger charge is 2.58. The second kappa shape index (κ2) is 3.17. The van der Waals surface area contributed by atoms with Crippen molar-refractivity contribution in [1.82, 2.24) is 0 Å². The van der Waals surface area contributed by atoms with Gasteiger partial charge in [-0.3, -0.25) is 4.79 Å². The molecule has 0 aliphatic carbocycles. The van der Waals surface area contributed by atoms with Crippen LogP contribution in [0.2, 0.25) is 0 Å². The van der Waals surface area contributed by atoms with Crippen LogP contribution in [0.3, 0.4) is 0 Å². The van der Waals surface area contributed by atoms with E-state index in [0.717, 1.165) is 5.56 Å². The van der Waals surface area contributed by atoms with E-state index >= 15 is 0 Å². The fourth-order valence-electron chi connectivity index (χ4n) is 2.79. The first kappa shape index (κ1) is 9.36. The number of nitrogens with zero attached hydrogens (tertiary/aromatic N) is 1. The van der Waals surface area contributed by atoms with E-state index in [0.29, 0.717) is 12.3 Å². The zero-order chi connectivity index (χ0) is 11.4. The Labute approximate surface area is 98.3 Å². The third kappa shape index (κ3) is 1.21. The second-order valence-corrected chi connectivity index (χ2v) is 4.64. The summed E-state index contributed by atoms with van der Waals surface area (Å²) in [6.45, 7) is 0. The van der Waals surface area contributed by atoms with Gasteiger partial charge in [0.05, 0.1) is 6.10 Å². The molecule has 0 N–H and O–H groups in total. The lowest BCUT2D eigenvalue weighted by Crippen LogP contribution is -2.39. The van der Waals surface area contributed by atoms with Crippen molar-refractivity contribution >= 4 is 11.7 Å². The first-order valence-corrected chi connectivity index (χ1v) is 5.81. The minimum Gasteiger partial charge on any atom is -0.468 e. The smallest absolute Gasteiger partial charge is 0.217 e. The number of carbonyl (C=O) groups excluding carboxylic acids is 1. The molecule has 17 heavy (non-hydrogen) atoms. The molecule has 4 atom stereocenters. The highest BCUT2D eigenvalue weighted by Crippen LogP contribution is 2.39. The second-order valence-electron chi connectivity index (χ2n) is 4.64. The monoisotopic (exact) mass is 229 g/mol. The van der Waals surface area contributed by atoms with Crippen molar-refractivity contribution in [2.45, 2.75) is 30.8 Å². The van der Waals surface area contributed by atoms with Crippen LogP contribution in [-0.2, 0) is 14.3 Å². The number of ketones is 1. The highest BCUT2D eigenvalue weighted by atomic mass is 16.6. The number of rotatable bonds is 1. The number of fused-ring (bicyclic) bond motifs is 5. The molecule has 0 saturated carbocycles. The number of carbonyl (C=O) groups is 1. The van der Waals surface area contributed by atoms with Crippen molar-refractivity contribution < 1.29 is 14.3 Å². The SMILES string of the molecule is O=C1C[C@H]2O[C@@H]1[C@@H]1OC(c3ccccc3)=N[C@@H]12.